The normalized spacial score (nSPS) is 14.3. The van der Waals surface area contributed by atoms with E-state index in [0.29, 0.717) is 19.1 Å². The second kappa shape index (κ2) is 9.94. The maximum absolute atomic E-state index is 12.2. The SMILES string of the molecule is CCNC(=NCCCn1nc2n(c1=O)CCCC2)NC(C)C.I. The van der Waals surface area contributed by atoms with Gasteiger partial charge in [-0.05, 0) is 40.0 Å². The standard InChI is InChI=1S/C15H28N6O.HI/c1-4-16-14(18-12(2)3)17-9-7-11-21-15(22)20-10-6-5-8-13(20)19-21;/h12H,4-11H2,1-3H3,(H2,16,17,18);1H. The van der Waals surface area contributed by atoms with Crippen molar-refractivity contribution in [2.45, 2.75) is 65.6 Å². The Kier molecular flexibility index (Phi) is 8.64. The third kappa shape index (κ3) is 5.82. The van der Waals surface area contributed by atoms with Crippen molar-refractivity contribution in [1.29, 1.82) is 0 Å². The molecule has 23 heavy (non-hydrogen) atoms. The molecule has 7 nitrogen and oxygen atoms in total. The van der Waals surface area contributed by atoms with Crippen molar-refractivity contribution in [1.82, 2.24) is 25.0 Å². The molecule has 0 unspecified atom stereocenters. The highest BCUT2D eigenvalue weighted by atomic mass is 127. The van der Waals surface area contributed by atoms with Crippen LogP contribution in [0.2, 0.25) is 0 Å². The maximum atomic E-state index is 12.2. The zero-order valence-electron chi connectivity index (χ0n) is 14.3. The van der Waals surface area contributed by atoms with Gasteiger partial charge in [0.15, 0.2) is 5.96 Å². The van der Waals surface area contributed by atoms with Gasteiger partial charge in [0, 0.05) is 38.6 Å². The summed E-state index contributed by atoms with van der Waals surface area (Å²) in [7, 11) is 0. The largest absolute Gasteiger partial charge is 0.357 e. The zero-order chi connectivity index (χ0) is 15.9. The van der Waals surface area contributed by atoms with Gasteiger partial charge in [-0.25, -0.2) is 9.48 Å². The Morgan fingerprint density at radius 1 is 1.39 bits per heavy atom. The average Bonchev–Trinajstić information content (AvgIpc) is 2.80. The smallest absolute Gasteiger partial charge is 0.345 e. The molecular weight excluding hydrogens is 407 g/mol. The van der Waals surface area contributed by atoms with E-state index in [1.165, 1.54) is 0 Å². The number of guanidine groups is 1. The van der Waals surface area contributed by atoms with Crippen LogP contribution in [0, 0.1) is 0 Å². The molecule has 2 heterocycles. The number of aromatic nitrogens is 3. The zero-order valence-corrected chi connectivity index (χ0v) is 16.7. The molecule has 0 bridgehead atoms. The van der Waals surface area contributed by atoms with Crippen molar-refractivity contribution >= 4 is 29.9 Å². The minimum atomic E-state index is 0. The third-order valence-corrected chi connectivity index (χ3v) is 3.60. The van der Waals surface area contributed by atoms with E-state index < -0.39 is 0 Å². The molecule has 0 amide bonds. The molecule has 2 N–H and O–H groups in total. The molecule has 0 radical (unpaired) electrons. The molecule has 1 aromatic heterocycles. The van der Waals surface area contributed by atoms with Gasteiger partial charge in [0.05, 0.1) is 0 Å². The van der Waals surface area contributed by atoms with Crippen LogP contribution >= 0.6 is 24.0 Å². The predicted octanol–water partition coefficient (Wildman–Crippen LogP) is 1.35. The van der Waals surface area contributed by atoms with Crippen LogP contribution in [-0.4, -0.2) is 39.4 Å². The summed E-state index contributed by atoms with van der Waals surface area (Å²) in [6.45, 7) is 9.18. The summed E-state index contributed by atoms with van der Waals surface area (Å²) in [5, 5.41) is 10.9. The minimum absolute atomic E-state index is 0. The van der Waals surface area contributed by atoms with Crippen LogP contribution in [-0.2, 0) is 19.5 Å². The summed E-state index contributed by atoms with van der Waals surface area (Å²) in [4.78, 5) is 16.7. The first-order valence-electron chi connectivity index (χ1n) is 8.33. The Hall–Kier alpha value is -1.06. The molecule has 0 saturated carbocycles. The monoisotopic (exact) mass is 436 g/mol. The van der Waals surface area contributed by atoms with Crippen molar-refractivity contribution in [3.63, 3.8) is 0 Å². The van der Waals surface area contributed by atoms with E-state index in [4.69, 9.17) is 0 Å². The van der Waals surface area contributed by atoms with Gasteiger partial charge in [-0.1, -0.05) is 0 Å². The van der Waals surface area contributed by atoms with Gasteiger partial charge in [0.2, 0.25) is 0 Å². The summed E-state index contributed by atoms with van der Waals surface area (Å²) in [5.74, 6) is 1.77. The van der Waals surface area contributed by atoms with Crippen molar-refractivity contribution in [2.24, 2.45) is 4.99 Å². The topological polar surface area (TPSA) is 76.2 Å². The van der Waals surface area contributed by atoms with Gasteiger partial charge in [0.25, 0.3) is 0 Å². The number of nitrogens with one attached hydrogen (secondary N) is 2. The van der Waals surface area contributed by atoms with Crippen molar-refractivity contribution in [2.75, 3.05) is 13.1 Å². The van der Waals surface area contributed by atoms with Crippen LogP contribution in [0.15, 0.2) is 9.79 Å². The molecule has 1 aliphatic rings. The first-order valence-corrected chi connectivity index (χ1v) is 8.33. The molecule has 0 spiro atoms. The quantitative estimate of drug-likeness (QED) is 0.306. The van der Waals surface area contributed by atoms with Crippen molar-refractivity contribution in [3.8, 4) is 0 Å². The molecule has 0 atom stereocenters. The Morgan fingerprint density at radius 2 is 2.17 bits per heavy atom. The Balaban J connectivity index is 0.00000264. The van der Waals surface area contributed by atoms with E-state index >= 15 is 0 Å². The summed E-state index contributed by atoms with van der Waals surface area (Å²) in [5.41, 5.74) is 0.0332. The van der Waals surface area contributed by atoms with Gasteiger partial charge in [-0.15, -0.1) is 24.0 Å². The lowest BCUT2D eigenvalue weighted by molar-refractivity contribution is 0.509. The lowest BCUT2D eigenvalue weighted by Crippen LogP contribution is -2.41. The number of aryl methyl sites for hydroxylation is 2. The van der Waals surface area contributed by atoms with Gasteiger partial charge >= 0.3 is 5.69 Å². The van der Waals surface area contributed by atoms with E-state index in [1.54, 1.807) is 4.68 Å². The highest BCUT2D eigenvalue weighted by Gasteiger charge is 2.15. The Morgan fingerprint density at radius 3 is 2.83 bits per heavy atom. The van der Waals surface area contributed by atoms with Crippen molar-refractivity contribution < 1.29 is 0 Å². The molecule has 1 aromatic rings. The molecule has 1 aliphatic heterocycles. The van der Waals surface area contributed by atoms with Crippen molar-refractivity contribution in [3.05, 3.63) is 16.3 Å². The lowest BCUT2D eigenvalue weighted by atomic mass is 10.2. The van der Waals surface area contributed by atoms with Crippen LogP contribution in [0.25, 0.3) is 0 Å². The number of hydrogen-bond donors (Lipinski definition) is 2. The second-order valence-electron chi connectivity index (χ2n) is 5.94. The van der Waals surface area contributed by atoms with Crippen LogP contribution in [0.4, 0.5) is 0 Å². The summed E-state index contributed by atoms with van der Waals surface area (Å²) < 4.78 is 3.41. The van der Waals surface area contributed by atoms with Gasteiger partial charge in [-0.2, -0.15) is 5.10 Å². The van der Waals surface area contributed by atoms with E-state index in [0.717, 1.165) is 50.6 Å². The fourth-order valence-corrected chi connectivity index (χ4v) is 2.60. The molecule has 0 fully saturated rings. The third-order valence-electron chi connectivity index (χ3n) is 3.60. The number of aliphatic imine (C=N–C) groups is 1. The van der Waals surface area contributed by atoms with Gasteiger partial charge in [0.1, 0.15) is 5.82 Å². The minimum Gasteiger partial charge on any atom is -0.357 e. The van der Waals surface area contributed by atoms with E-state index in [-0.39, 0.29) is 29.7 Å². The summed E-state index contributed by atoms with van der Waals surface area (Å²) in [6.07, 6.45) is 3.94. The Bertz CT molecular complexity index is 563. The van der Waals surface area contributed by atoms with Crippen LogP contribution < -0.4 is 16.3 Å². The fraction of sp³-hybridized carbons (Fsp3) is 0.800. The summed E-state index contributed by atoms with van der Waals surface area (Å²) in [6, 6.07) is 0.347. The van der Waals surface area contributed by atoms with E-state index in [2.05, 4.69) is 34.6 Å². The van der Waals surface area contributed by atoms with Crippen LogP contribution in [0.3, 0.4) is 0 Å². The molecule has 0 aromatic carbocycles. The summed E-state index contributed by atoms with van der Waals surface area (Å²) >= 11 is 0. The molecule has 8 heteroatoms. The second-order valence-corrected chi connectivity index (χ2v) is 5.94. The van der Waals surface area contributed by atoms with E-state index in [1.807, 2.05) is 11.5 Å². The molecular formula is C15H29IN6O. The number of halogens is 1. The van der Waals surface area contributed by atoms with Gasteiger partial charge in [-0.3, -0.25) is 9.56 Å². The molecule has 0 aliphatic carbocycles. The number of hydrogen-bond acceptors (Lipinski definition) is 3. The Labute approximate surface area is 155 Å². The number of rotatable bonds is 6. The number of fused-ring (bicyclic) bond motifs is 1. The van der Waals surface area contributed by atoms with Gasteiger partial charge < -0.3 is 10.6 Å². The molecule has 0 saturated heterocycles. The average molecular weight is 436 g/mol. The highest BCUT2D eigenvalue weighted by molar-refractivity contribution is 14.0. The predicted molar refractivity (Wildman–Crippen MR) is 104 cm³/mol. The molecule has 132 valence electrons. The first-order chi connectivity index (χ1) is 10.6. The lowest BCUT2D eigenvalue weighted by Gasteiger charge is -2.13. The maximum Gasteiger partial charge on any atom is 0.345 e. The molecule has 2 rings (SSSR count). The highest BCUT2D eigenvalue weighted by Crippen LogP contribution is 2.09. The number of nitrogens with zero attached hydrogens (tertiary/aromatic N) is 4. The fourth-order valence-electron chi connectivity index (χ4n) is 2.60. The van der Waals surface area contributed by atoms with Crippen LogP contribution in [0.5, 0.6) is 0 Å². The first kappa shape index (κ1) is 20.0. The van der Waals surface area contributed by atoms with Crippen LogP contribution in [0.1, 0.15) is 45.9 Å². The van der Waals surface area contributed by atoms with E-state index in [9.17, 15) is 4.79 Å².